The predicted octanol–water partition coefficient (Wildman–Crippen LogP) is 3.77. The smallest absolute Gasteiger partial charge is 0.223 e. The molecule has 1 aromatic heterocycles. The van der Waals surface area contributed by atoms with Gasteiger partial charge in [0.2, 0.25) is 5.91 Å². The van der Waals surface area contributed by atoms with Crippen LogP contribution in [0.4, 0.5) is 10.8 Å². The van der Waals surface area contributed by atoms with Crippen molar-refractivity contribution in [3.8, 4) is 11.3 Å². The fourth-order valence-electron chi connectivity index (χ4n) is 1.31. The summed E-state index contributed by atoms with van der Waals surface area (Å²) in [7, 11) is 0. The van der Waals surface area contributed by atoms with Gasteiger partial charge in [0.1, 0.15) is 0 Å². The van der Waals surface area contributed by atoms with Crippen molar-refractivity contribution in [3.05, 3.63) is 29.6 Å². The Morgan fingerprint density at radius 2 is 2.11 bits per heavy atom. The minimum absolute atomic E-state index is 0.117. The molecule has 102 valence electrons. The third-order valence-corrected chi connectivity index (χ3v) is 2.73. The van der Waals surface area contributed by atoms with Crippen LogP contribution in [-0.4, -0.2) is 10.9 Å². The zero-order chi connectivity index (χ0) is 14.3. The molecule has 1 heterocycles. The van der Waals surface area contributed by atoms with Crippen molar-refractivity contribution >= 4 is 28.1 Å². The minimum Gasteiger partial charge on any atom is -0.399 e. The Labute approximate surface area is 117 Å². The van der Waals surface area contributed by atoms with Crippen LogP contribution in [0.1, 0.15) is 27.2 Å². The van der Waals surface area contributed by atoms with Gasteiger partial charge < -0.3 is 11.1 Å². The Morgan fingerprint density at radius 1 is 1.42 bits per heavy atom. The summed E-state index contributed by atoms with van der Waals surface area (Å²) in [6.07, 6.45) is 1.25. The summed E-state index contributed by atoms with van der Waals surface area (Å²) in [5, 5.41) is 5.14. The molecule has 2 aromatic rings. The summed E-state index contributed by atoms with van der Waals surface area (Å²) in [6.45, 7) is 5.71. The van der Waals surface area contributed by atoms with Crippen LogP contribution in [0.3, 0.4) is 0 Å². The third-order valence-electron chi connectivity index (χ3n) is 1.97. The molecule has 0 aliphatic heterocycles. The van der Waals surface area contributed by atoms with Gasteiger partial charge in [0.15, 0.2) is 5.13 Å². The molecule has 0 aliphatic rings. The molecule has 0 saturated heterocycles. The topological polar surface area (TPSA) is 68.0 Å². The molecule has 3 N–H and O–H groups in total. The van der Waals surface area contributed by atoms with Gasteiger partial charge in [-0.25, -0.2) is 4.98 Å². The van der Waals surface area contributed by atoms with E-state index in [1.54, 1.807) is 0 Å². The van der Waals surface area contributed by atoms with E-state index in [1.807, 2.05) is 29.6 Å². The van der Waals surface area contributed by atoms with Gasteiger partial charge >= 0.3 is 0 Å². The summed E-state index contributed by atoms with van der Waals surface area (Å²) in [5.74, 6) is -0.117. The van der Waals surface area contributed by atoms with Crippen molar-refractivity contribution in [1.29, 1.82) is 0 Å². The zero-order valence-corrected chi connectivity index (χ0v) is 12.3. The molecule has 0 atom stereocenters. The van der Waals surface area contributed by atoms with Crippen molar-refractivity contribution in [2.75, 3.05) is 11.1 Å². The fraction of sp³-hybridized carbons (Fsp3) is 0.286. The van der Waals surface area contributed by atoms with E-state index in [4.69, 9.17) is 5.73 Å². The second kappa shape index (κ2) is 7.53. The first-order valence-electron chi connectivity index (χ1n) is 6.15. The quantitative estimate of drug-likeness (QED) is 0.821. The van der Waals surface area contributed by atoms with Crippen molar-refractivity contribution in [2.24, 2.45) is 0 Å². The third kappa shape index (κ3) is 5.09. The molecule has 1 aromatic carbocycles. The Morgan fingerprint density at radius 3 is 2.68 bits per heavy atom. The standard InChI is InChI=1S/C11H11N3OS.C3H8/c1-7(15)13-11-14-10(6-16-11)8-3-2-4-9(12)5-8;1-3-2/h2-6H,12H2,1H3,(H,13,14,15);3H2,1-2H3. The van der Waals surface area contributed by atoms with Gasteiger partial charge in [0.25, 0.3) is 0 Å². The van der Waals surface area contributed by atoms with Crippen molar-refractivity contribution in [1.82, 2.24) is 4.98 Å². The summed E-state index contributed by atoms with van der Waals surface area (Å²) >= 11 is 1.39. The number of nitrogens with two attached hydrogens (primary N) is 1. The van der Waals surface area contributed by atoms with E-state index in [0.717, 1.165) is 11.3 Å². The number of nitrogens with zero attached hydrogens (tertiary/aromatic N) is 1. The number of benzene rings is 1. The maximum atomic E-state index is 10.8. The molecule has 0 aliphatic carbocycles. The molecule has 5 heteroatoms. The fourth-order valence-corrected chi connectivity index (χ4v) is 2.08. The summed E-state index contributed by atoms with van der Waals surface area (Å²) in [4.78, 5) is 15.1. The van der Waals surface area contributed by atoms with Crippen LogP contribution in [0.15, 0.2) is 29.6 Å². The van der Waals surface area contributed by atoms with E-state index in [1.165, 1.54) is 24.7 Å². The van der Waals surface area contributed by atoms with E-state index in [2.05, 4.69) is 24.1 Å². The Hall–Kier alpha value is -1.88. The number of nitrogens with one attached hydrogen (secondary N) is 1. The van der Waals surface area contributed by atoms with Gasteiger partial charge in [-0.15, -0.1) is 11.3 Å². The minimum atomic E-state index is -0.117. The molecule has 0 saturated carbocycles. The number of anilines is 2. The summed E-state index contributed by atoms with van der Waals surface area (Å²) in [6, 6.07) is 7.49. The Bertz CT molecular complexity index is 537. The van der Waals surface area contributed by atoms with Gasteiger partial charge in [-0.1, -0.05) is 32.4 Å². The molecular formula is C14H19N3OS. The molecule has 0 radical (unpaired) electrons. The van der Waals surface area contributed by atoms with Gasteiger partial charge in [0.05, 0.1) is 5.69 Å². The maximum Gasteiger partial charge on any atom is 0.223 e. The van der Waals surface area contributed by atoms with E-state index < -0.39 is 0 Å². The highest BCUT2D eigenvalue weighted by Gasteiger charge is 2.05. The first-order valence-corrected chi connectivity index (χ1v) is 7.03. The molecule has 2 rings (SSSR count). The predicted molar refractivity (Wildman–Crippen MR) is 82.2 cm³/mol. The first kappa shape index (κ1) is 15.2. The van der Waals surface area contributed by atoms with Crippen LogP contribution < -0.4 is 11.1 Å². The SMILES string of the molecule is CC(=O)Nc1nc(-c2cccc(N)c2)cs1.CCC. The number of hydrogen-bond donors (Lipinski definition) is 2. The highest BCUT2D eigenvalue weighted by Crippen LogP contribution is 2.25. The maximum absolute atomic E-state index is 10.8. The van der Waals surface area contributed by atoms with E-state index in [0.29, 0.717) is 10.8 Å². The molecule has 0 unspecified atom stereocenters. The largest absolute Gasteiger partial charge is 0.399 e. The van der Waals surface area contributed by atoms with Gasteiger partial charge in [-0.3, -0.25) is 4.79 Å². The zero-order valence-electron chi connectivity index (χ0n) is 11.4. The monoisotopic (exact) mass is 277 g/mol. The first-order chi connectivity index (χ1) is 9.06. The van der Waals surface area contributed by atoms with Crippen molar-refractivity contribution in [3.63, 3.8) is 0 Å². The lowest BCUT2D eigenvalue weighted by Gasteiger charge is -1.98. The van der Waals surface area contributed by atoms with Crippen LogP contribution in [-0.2, 0) is 4.79 Å². The van der Waals surface area contributed by atoms with Gasteiger partial charge in [-0.05, 0) is 12.1 Å². The van der Waals surface area contributed by atoms with Gasteiger partial charge in [0, 0.05) is 23.6 Å². The number of aromatic nitrogens is 1. The highest BCUT2D eigenvalue weighted by molar-refractivity contribution is 7.14. The normalized spacial score (nSPS) is 9.42. The Balaban J connectivity index is 0.000000550. The second-order valence-corrected chi connectivity index (χ2v) is 4.91. The number of nitrogen functional groups attached to an aromatic ring is 1. The van der Waals surface area contributed by atoms with Crippen LogP contribution in [0.2, 0.25) is 0 Å². The second-order valence-electron chi connectivity index (χ2n) is 4.05. The summed E-state index contributed by atoms with van der Waals surface area (Å²) in [5.41, 5.74) is 8.16. The number of hydrogen-bond acceptors (Lipinski definition) is 4. The van der Waals surface area contributed by atoms with E-state index >= 15 is 0 Å². The number of rotatable bonds is 2. The number of carbonyl (C=O) groups is 1. The Kier molecular flexibility index (Phi) is 6.02. The molecule has 0 spiro atoms. The number of amides is 1. The number of carbonyl (C=O) groups excluding carboxylic acids is 1. The summed E-state index contributed by atoms with van der Waals surface area (Å²) < 4.78 is 0. The van der Waals surface area contributed by atoms with Crippen LogP contribution in [0.25, 0.3) is 11.3 Å². The highest BCUT2D eigenvalue weighted by atomic mass is 32.1. The average molecular weight is 277 g/mol. The van der Waals surface area contributed by atoms with Crippen LogP contribution >= 0.6 is 11.3 Å². The van der Waals surface area contributed by atoms with E-state index in [-0.39, 0.29) is 5.91 Å². The number of thiazole rings is 1. The van der Waals surface area contributed by atoms with Crippen molar-refractivity contribution < 1.29 is 4.79 Å². The van der Waals surface area contributed by atoms with Crippen LogP contribution in [0, 0.1) is 0 Å². The molecule has 0 bridgehead atoms. The van der Waals surface area contributed by atoms with E-state index in [9.17, 15) is 4.79 Å². The lowest BCUT2D eigenvalue weighted by molar-refractivity contribution is -0.114. The molecule has 0 fully saturated rings. The van der Waals surface area contributed by atoms with Crippen molar-refractivity contribution in [2.45, 2.75) is 27.2 Å². The van der Waals surface area contributed by atoms with Gasteiger partial charge in [-0.2, -0.15) is 0 Å². The lowest BCUT2D eigenvalue weighted by atomic mass is 10.1. The molecule has 4 nitrogen and oxygen atoms in total. The molecular weight excluding hydrogens is 258 g/mol. The van der Waals surface area contributed by atoms with Crippen LogP contribution in [0.5, 0.6) is 0 Å². The molecule has 1 amide bonds. The lowest BCUT2D eigenvalue weighted by Crippen LogP contribution is -2.04. The molecule has 19 heavy (non-hydrogen) atoms. The average Bonchev–Trinajstić information content (AvgIpc) is 2.77.